The summed E-state index contributed by atoms with van der Waals surface area (Å²) in [5.74, 6) is -1.05. The standard InChI is InChI=1S/C14H11BrF2O2/c1-8(18)11-4-3-10(7-12(11)15)19-14-6-9(16)2-5-13(14)17/h2-8,18H,1H3/t8-/m1/s1. The molecule has 100 valence electrons. The first kappa shape index (κ1) is 14.0. The molecular formula is C14H11BrF2O2. The van der Waals surface area contributed by atoms with Crippen molar-refractivity contribution in [1.82, 2.24) is 0 Å². The van der Waals surface area contributed by atoms with Crippen molar-refractivity contribution in [3.05, 3.63) is 58.1 Å². The van der Waals surface area contributed by atoms with Crippen LogP contribution in [0, 0.1) is 11.6 Å². The Bertz CT molecular complexity index is 600. The molecule has 1 N–H and O–H groups in total. The van der Waals surface area contributed by atoms with Crippen molar-refractivity contribution < 1.29 is 18.6 Å². The number of rotatable bonds is 3. The van der Waals surface area contributed by atoms with Gasteiger partial charge in [0.25, 0.3) is 0 Å². The van der Waals surface area contributed by atoms with Crippen LogP contribution in [0.4, 0.5) is 8.78 Å². The molecule has 19 heavy (non-hydrogen) atoms. The van der Waals surface area contributed by atoms with E-state index in [1.165, 1.54) is 0 Å². The van der Waals surface area contributed by atoms with E-state index in [1.54, 1.807) is 25.1 Å². The Morgan fingerprint density at radius 2 is 1.89 bits per heavy atom. The van der Waals surface area contributed by atoms with E-state index in [0.717, 1.165) is 18.2 Å². The molecule has 0 saturated carbocycles. The number of hydrogen-bond acceptors (Lipinski definition) is 2. The predicted octanol–water partition coefficient (Wildman–Crippen LogP) is 4.57. The van der Waals surface area contributed by atoms with Gasteiger partial charge < -0.3 is 9.84 Å². The number of hydrogen-bond donors (Lipinski definition) is 1. The summed E-state index contributed by atoms with van der Waals surface area (Å²) in [5.41, 5.74) is 0.687. The molecule has 2 aromatic carbocycles. The van der Waals surface area contributed by atoms with Crippen molar-refractivity contribution in [3.63, 3.8) is 0 Å². The minimum absolute atomic E-state index is 0.184. The van der Waals surface area contributed by atoms with Gasteiger partial charge in [-0.25, -0.2) is 8.78 Å². The van der Waals surface area contributed by atoms with E-state index in [9.17, 15) is 13.9 Å². The lowest BCUT2D eigenvalue weighted by atomic mass is 10.1. The normalized spacial score (nSPS) is 12.3. The predicted molar refractivity (Wildman–Crippen MR) is 71.2 cm³/mol. The van der Waals surface area contributed by atoms with Crippen molar-refractivity contribution in [2.24, 2.45) is 0 Å². The van der Waals surface area contributed by atoms with Crippen LogP contribution < -0.4 is 4.74 Å². The second-order valence-electron chi connectivity index (χ2n) is 4.04. The Morgan fingerprint density at radius 3 is 2.53 bits per heavy atom. The Kier molecular flexibility index (Phi) is 4.17. The van der Waals surface area contributed by atoms with Crippen LogP contribution in [0.5, 0.6) is 11.5 Å². The minimum Gasteiger partial charge on any atom is -0.454 e. The lowest BCUT2D eigenvalue weighted by Crippen LogP contribution is -1.94. The summed E-state index contributed by atoms with van der Waals surface area (Å²) in [6.07, 6.45) is -0.630. The fourth-order valence-corrected chi connectivity index (χ4v) is 2.28. The maximum atomic E-state index is 13.4. The Labute approximate surface area is 117 Å². The van der Waals surface area contributed by atoms with Gasteiger partial charge in [0.05, 0.1) is 6.10 Å². The summed E-state index contributed by atoms with van der Waals surface area (Å²) in [6.45, 7) is 1.63. The molecule has 0 aliphatic rings. The van der Waals surface area contributed by atoms with E-state index in [-0.39, 0.29) is 5.75 Å². The molecule has 2 rings (SSSR count). The fourth-order valence-electron chi connectivity index (χ4n) is 1.59. The maximum absolute atomic E-state index is 13.4. The average Bonchev–Trinajstić information content (AvgIpc) is 2.33. The molecule has 0 amide bonds. The molecule has 0 unspecified atom stereocenters. The van der Waals surface area contributed by atoms with Crippen molar-refractivity contribution in [2.45, 2.75) is 13.0 Å². The van der Waals surface area contributed by atoms with Crippen LogP contribution in [0.1, 0.15) is 18.6 Å². The molecule has 0 saturated heterocycles. The van der Waals surface area contributed by atoms with Crippen LogP contribution in [0.2, 0.25) is 0 Å². The smallest absolute Gasteiger partial charge is 0.165 e. The molecule has 2 aromatic rings. The first-order valence-corrected chi connectivity index (χ1v) is 6.37. The molecule has 0 aliphatic carbocycles. The summed E-state index contributed by atoms with van der Waals surface area (Å²) in [6, 6.07) is 7.83. The SMILES string of the molecule is C[C@@H](O)c1ccc(Oc2cc(F)ccc2F)cc1Br. The van der Waals surface area contributed by atoms with Crippen LogP contribution in [-0.4, -0.2) is 5.11 Å². The van der Waals surface area contributed by atoms with Gasteiger partial charge in [0, 0.05) is 10.5 Å². The summed E-state index contributed by atoms with van der Waals surface area (Å²) >= 11 is 3.29. The first-order valence-electron chi connectivity index (χ1n) is 5.58. The van der Waals surface area contributed by atoms with E-state index in [1.807, 2.05) is 0 Å². The summed E-state index contributed by atoms with van der Waals surface area (Å²) in [4.78, 5) is 0. The van der Waals surface area contributed by atoms with Crippen molar-refractivity contribution in [1.29, 1.82) is 0 Å². The van der Waals surface area contributed by atoms with E-state index >= 15 is 0 Å². The highest BCUT2D eigenvalue weighted by Gasteiger charge is 2.10. The van der Waals surface area contributed by atoms with Gasteiger partial charge in [-0.05, 0) is 36.8 Å². The van der Waals surface area contributed by atoms with Gasteiger partial charge in [0.2, 0.25) is 0 Å². The van der Waals surface area contributed by atoms with Gasteiger partial charge in [-0.15, -0.1) is 0 Å². The van der Waals surface area contributed by atoms with E-state index in [0.29, 0.717) is 15.8 Å². The van der Waals surface area contributed by atoms with Gasteiger partial charge in [-0.1, -0.05) is 22.0 Å². The molecule has 0 spiro atoms. The topological polar surface area (TPSA) is 29.5 Å². The lowest BCUT2D eigenvalue weighted by Gasteiger charge is -2.11. The van der Waals surface area contributed by atoms with E-state index < -0.39 is 17.7 Å². The molecule has 5 heteroatoms. The van der Waals surface area contributed by atoms with E-state index in [2.05, 4.69) is 15.9 Å². The molecular weight excluding hydrogens is 318 g/mol. The van der Waals surface area contributed by atoms with Gasteiger partial charge in [0.1, 0.15) is 11.6 Å². The number of aliphatic hydroxyl groups excluding tert-OH is 1. The second-order valence-corrected chi connectivity index (χ2v) is 4.89. The van der Waals surface area contributed by atoms with Crippen LogP contribution in [0.15, 0.2) is 40.9 Å². The molecule has 0 aliphatic heterocycles. The number of halogens is 3. The number of benzene rings is 2. The zero-order chi connectivity index (χ0) is 14.0. The molecule has 0 bridgehead atoms. The van der Waals surface area contributed by atoms with Gasteiger partial charge >= 0.3 is 0 Å². The lowest BCUT2D eigenvalue weighted by molar-refractivity contribution is 0.198. The number of ether oxygens (including phenoxy) is 1. The first-order chi connectivity index (χ1) is 8.97. The fraction of sp³-hybridized carbons (Fsp3) is 0.143. The quantitative estimate of drug-likeness (QED) is 0.894. The zero-order valence-corrected chi connectivity index (χ0v) is 11.6. The maximum Gasteiger partial charge on any atom is 0.165 e. The molecule has 0 fully saturated rings. The van der Waals surface area contributed by atoms with Crippen molar-refractivity contribution >= 4 is 15.9 Å². The third-order valence-electron chi connectivity index (χ3n) is 2.54. The van der Waals surface area contributed by atoms with E-state index in [4.69, 9.17) is 4.74 Å². The van der Waals surface area contributed by atoms with Crippen LogP contribution >= 0.6 is 15.9 Å². The highest BCUT2D eigenvalue weighted by atomic mass is 79.9. The zero-order valence-electron chi connectivity index (χ0n) is 10.0. The summed E-state index contributed by atoms with van der Waals surface area (Å²) < 4.78 is 32.3. The molecule has 0 heterocycles. The van der Waals surface area contributed by atoms with Crippen LogP contribution in [0.3, 0.4) is 0 Å². The van der Waals surface area contributed by atoms with Crippen LogP contribution in [0.25, 0.3) is 0 Å². The third-order valence-corrected chi connectivity index (χ3v) is 3.23. The summed E-state index contributed by atoms with van der Waals surface area (Å²) in [5, 5.41) is 9.49. The van der Waals surface area contributed by atoms with Crippen LogP contribution in [-0.2, 0) is 0 Å². The Hall–Kier alpha value is -1.46. The molecule has 0 radical (unpaired) electrons. The average molecular weight is 329 g/mol. The molecule has 2 nitrogen and oxygen atoms in total. The highest BCUT2D eigenvalue weighted by molar-refractivity contribution is 9.10. The van der Waals surface area contributed by atoms with Crippen molar-refractivity contribution in [2.75, 3.05) is 0 Å². The van der Waals surface area contributed by atoms with Gasteiger partial charge in [0.15, 0.2) is 11.6 Å². The monoisotopic (exact) mass is 328 g/mol. The molecule has 1 atom stereocenters. The number of aliphatic hydroxyl groups is 1. The van der Waals surface area contributed by atoms with Crippen molar-refractivity contribution in [3.8, 4) is 11.5 Å². The third kappa shape index (κ3) is 3.30. The second kappa shape index (κ2) is 5.67. The highest BCUT2D eigenvalue weighted by Crippen LogP contribution is 2.31. The molecule has 0 aromatic heterocycles. The van der Waals surface area contributed by atoms with Gasteiger partial charge in [-0.2, -0.15) is 0 Å². The summed E-state index contributed by atoms with van der Waals surface area (Å²) in [7, 11) is 0. The Balaban J connectivity index is 2.29. The largest absolute Gasteiger partial charge is 0.454 e. The Morgan fingerprint density at radius 1 is 1.16 bits per heavy atom. The minimum atomic E-state index is -0.642. The van der Waals surface area contributed by atoms with Gasteiger partial charge in [-0.3, -0.25) is 0 Å².